The molecule has 2 aromatic carbocycles. The number of hydrogen-bond donors (Lipinski definition) is 0. The molecule has 11 heteroatoms. The van der Waals surface area contributed by atoms with Crippen molar-refractivity contribution in [2.24, 2.45) is 11.1 Å². The molecule has 0 bridgehead atoms. The van der Waals surface area contributed by atoms with E-state index in [4.69, 9.17) is 39.6 Å². The van der Waals surface area contributed by atoms with Gasteiger partial charge in [-0.15, -0.1) is 0 Å². The molecule has 4 rings (SSSR count). The summed E-state index contributed by atoms with van der Waals surface area (Å²) in [7, 11) is 0. The molecule has 0 spiro atoms. The first-order valence-corrected chi connectivity index (χ1v) is 11.4. The predicted molar refractivity (Wildman–Crippen MR) is 124 cm³/mol. The van der Waals surface area contributed by atoms with Crippen LogP contribution in [0.15, 0.2) is 41.6 Å². The van der Waals surface area contributed by atoms with E-state index < -0.39 is 24.1 Å². The summed E-state index contributed by atoms with van der Waals surface area (Å²) >= 11 is 18.2. The summed E-state index contributed by atoms with van der Waals surface area (Å²) in [6.45, 7) is 1.12. The molecule has 1 atom stereocenters. The van der Waals surface area contributed by atoms with Crippen LogP contribution in [0.25, 0.3) is 0 Å². The highest BCUT2D eigenvalue weighted by Gasteiger charge is 2.62. The topological polar surface area (TPSA) is 59.0 Å². The molecule has 2 aromatic rings. The van der Waals surface area contributed by atoms with E-state index in [2.05, 4.69) is 5.16 Å². The van der Waals surface area contributed by atoms with Crippen molar-refractivity contribution in [3.63, 3.8) is 0 Å². The third-order valence-corrected chi connectivity index (χ3v) is 6.57. The van der Waals surface area contributed by atoms with Gasteiger partial charge in [-0.05, 0) is 43.2 Å². The Morgan fingerprint density at radius 2 is 1.76 bits per heavy atom. The Balaban J connectivity index is 1.69. The number of Topliss-reactive ketones (excluding diaryl/α,β-unsaturated/α-hetero) is 1. The van der Waals surface area contributed by atoms with Crippen LogP contribution >= 0.6 is 34.8 Å². The first kappa shape index (κ1) is 24.8. The highest BCUT2D eigenvalue weighted by Crippen LogP contribution is 2.50. The molecule has 1 aliphatic heterocycles. The molecule has 1 unspecified atom stereocenters. The SMILES string of the molecule is CC(=O)N(CC(=O)C1CC1)c1cc(C2=NOC(c3cc(Cl)cc(Cl)c3)(C(F)(F)F)C2)ccc1Cl. The quantitative estimate of drug-likeness (QED) is 0.422. The van der Waals surface area contributed by atoms with Crippen LogP contribution < -0.4 is 4.90 Å². The summed E-state index contributed by atoms with van der Waals surface area (Å²) in [6.07, 6.45) is -3.95. The van der Waals surface area contributed by atoms with Gasteiger partial charge in [0.25, 0.3) is 5.60 Å². The molecule has 0 saturated heterocycles. The second kappa shape index (κ2) is 9.06. The summed E-state index contributed by atoms with van der Waals surface area (Å²) in [5.41, 5.74) is -2.62. The van der Waals surface area contributed by atoms with Crippen molar-refractivity contribution in [3.8, 4) is 0 Å². The largest absolute Gasteiger partial charge is 0.435 e. The van der Waals surface area contributed by atoms with Gasteiger partial charge in [-0.25, -0.2) is 0 Å². The fourth-order valence-corrected chi connectivity index (χ4v) is 4.55. The number of carbonyl (C=O) groups is 2. The van der Waals surface area contributed by atoms with Gasteiger partial charge < -0.3 is 9.74 Å². The first-order valence-electron chi connectivity index (χ1n) is 10.3. The van der Waals surface area contributed by atoms with Gasteiger partial charge in [-0.3, -0.25) is 9.59 Å². The van der Waals surface area contributed by atoms with E-state index in [1.54, 1.807) is 0 Å². The molecule has 1 saturated carbocycles. The smallest absolute Gasteiger partial charge is 0.374 e. The van der Waals surface area contributed by atoms with Crippen LogP contribution in [0.3, 0.4) is 0 Å². The number of rotatable bonds is 6. The van der Waals surface area contributed by atoms with Crippen LogP contribution in [-0.4, -0.2) is 30.1 Å². The number of ketones is 1. The van der Waals surface area contributed by atoms with Crippen molar-refractivity contribution < 1.29 is 27.6 Å². The Morgan fingerprint density at radius 1 is 1.12 bits per heavy atom. The number of oxime groups is 1. The average Bonchev–Trinajstić information content (AvgIpc) is 3.48. The minimum absolute atomic E-state index is 0.0108. The normalized spacial score (nSPS) is 20.0. The van der Waals surface area contributed by atoms with Crippen molar-refractivity contribution in [1.82, 2.24) is 0 Å². The van der Waals surface area contributed by atoms with Gasteiger partial charge in [0.2, 0.25) is 5.91 Å². The molecule has 1 amide bonds. The lowest BCUT2D eigenvalue weighted by Gasteiger charge is -2.29. The van der Waals surface area contributed by atoms with Crippen molar-refractivity contribution >= 4 is 57.9 Å². The predicted octanol–water partition coefficient (Wildman–Crippen LogP) is 6.56. The monoisotopic (exact) mass is 532 g/mol. The number of anilines is 1. The Morgan fingerprint density at radius 3 is 2.32 bits per heavy atom. The van der Waals surface area contributed by atoms with Crippen molar-refractivity contribution in [2.75, 3.05) is 11.4 Å². The second-order valence-corrected chi connectivity index (χ2v) is 9.58. The molecule has 2 aliphatic rings. The zero-order valence-electron chi connectivity index (χ0n) is 17.8. The van der Waals surface area contributed by atoms with Gasteiger partial charge in [0.05, 0.1) is 23.0 Å². The van der Waals surface area contributed by atoms with Crippen LogP contribution in [0.1, 0.15) is 37.3 Å². The molecule has 0 aromatic heterocycles. The lowest BCUT2D eigenvalue weighted by atomic mass is 9.86. The van der Waals surface area contributed by atoms with E-state index in [-0.39, 0.29) is 55.8 Å². The molecular formula is C23H18Cl3F3N2O3. The molecule has 1 heterocycles. The zero-order valence-corrected chi connectivity index (χ0v) is 20.0. The molecule has 180 valence electrons. The van der Waals surface area contributed by atoms with Gasteiger partial charge in [0.1, 0.15) is 0 Å². The van der Waals surface area contributed by atoms with Gasteiger partial charge in [0, 0.05) is 40.4 Å². The van der Waals surface area contributed by atoms with Crippen LogP contribution in [0, 0.1) is 5.92 Å². The standard InChI is InChI=1S/C23H18Cl3F3N2O3/c1-12(32)31(11-21(33)13-2-3-13)20-6-14(4-5-18(20)26)19-10-22(34-30-19,23(27,28)29)15-7-16(24)9-17(25)8-15/h4-9,13H,2-3,10-11H2,1H3. The van der Waals surface area contributed by atoms with E-state index in [0.29, 0.717) is 0 Å². The summed E-state index contributed by atoms with van der Waals surface area (Å²) in [5, 5.41) is 3.95. The maximum Gasteiger partial charge on any atom is 0.435 e. The summed E-state index contributed by atoms with van der Waals surface area (Å²) in [4.78, 5) is 30.9. The van der Waals surface area contributed by atoms with Crippen molar-refractivity contribution in [2.45, 2.75) is 38.0 Å². The van der Waals surface area contributed by atoms with E-state index in [1.807, 2.05) is 0 Å². The highest BCUT2D eigenvalue weighted by molar-refractivity contribution is 6.35. The fourth-order valence-electron chi connectivity index (χ4n) is 3.80. The number of hydrogen-bond acceptors (Lipinski definition) is 4. The Hall–Kier alpha value is -2.29. The van der Waals surface area contributed by atoms with Gasteiger partial charge in [0.15, 0.2) is 5.78 Å². The minimum Gasteiger partial charge on any atom is -0.374 e. The van der Waals surface area contributed by atoms with Crippen LogP contribution in [0.2, 0.25) is 15.1 Å². The van der Waals surface area contributed by atoms with Crippen LogP contribution in [-0.2, 0) is 20.0 Å². The molecular weight excluding hydrogens is 516 g/mol. The Labute approximate surface area is 208 Å². The van der Waals surface area contributed by atoms with Crippen molar-refractivity contribution in [3.05, 3.63) is 62.6 Å². The molecule has 34 heavy (non-hydrogen) atoms. The van der Waals surface area contributed by atoms with Crippen LogP contribution in [0.4, 0.5) is 18.9 Å². The van der Waals surface area contributed by atoms with Crippen LogP contribution in [0.5, 0.6) is 0 Å². The number of benzene rings is 2. The third kappa shape index (κ3) is 4.76. The van der Waals surface area contributed by atoms with Gasteiger partial charge in [-0.1, -0.05) is 46.0 Å². The lowest BCUT2D eigenvalue weighted by molar-refractivity contribution is -0.275. The third-order valence-electron chi connectivity index (χ3n) is 5.81. The maximum absolute atomic E-state index is 14.3. The highest BCUT2D eigenvalue weighted by atomic mass is 35.5. The van der Waals surface area contributed by atoms with E-state index in [0.717, 1.165) is 25.0 Å². The Bertz CT molecular complexity index is 1180. The number of carbonyl (C=O) groups excluding carboxylic acids is 2. The molecule has 1 fully saturated rings. The molecule has 0 N–H and O–H groups in total. The Kier molecular flexibility index (Phi) is 6.61. The number of amides is 1. The molecule has 5 nitrogen and oxygen atoms in total. The number of nitrogens with zero attached hydrogens (tertiary/aromatic N) is 2. The van der Waals surface area contributed by atoms with E-state index in [1.165, 1.54) is 36.1 Å². The van der Waals surface area contributed by atoms with E-state index >= 15 is 0 Å². The number of halogens is 6. The maximum atomic E-state index is 14.3. The molecule has 0 radical (unpaired) electrons. The second-order valence-electron chi connectivity index (χ2n) is 8.30. The lowest BCUT2D eigenvalue weighted by Crippen LogP contribution is -2.42. The summed E-state index contributed by atoms with van der Waals surface area (Å²) in [5.74, 6) is -0.587. The van der Waals surface area contributed by atoms with Gasteiger partial charge in [-0.2, -0.15) is 13.2 Å². The zero-order chi connectivity index (χ0) is 24.8. The molecule has 1 aliphatic carbocycles. The summed E-state index contributed by atoms with van der Waals surface area (Å²) in [6, 6.07) is 7.94. The number of alkyl halides is 3. The minimum atomic E-state index is -4.84. The average molecular weight is 534 g/mol. The van der Waals surface area contributed by atoms with Crippen molar-refractivity contribution in [1.29, 1.82) is 0 Å². The van der Waals surface area contributed by atoms with Gasteiger partial charge >= 0.3 is 6.18 Å². The first-order chi connectivity index (χ1) is 15.9. The fraction of sp³-hybridized carbons (Fsp3) is 0.348. The summed E-state index contributed by atoms with van der Waals surface area (Å²) < 4.78 is 42.8. The van der Waals surface area contributed by atoms with E-state index in [9.17, 15) is 22.8 Å².